The standard InChI is InChI=1S/C16H17ClFNO2S/c1-12-11-14(8-9-16(12)18)22(20,21)19-10-4-6-13-5-2-3-7-15(13)17/h2-3,5,7-9,11,19H,4,6,10H2,1H3. The molecule has 0 atom stereocenters. The van der Waals surface area contributed by atoms with Gasteiger partial charge in [-0.15, -0.1) is 0 Å². The molecule has 0 unspecified atom stereocenters. The number of aryl methyl sites for hydroxylation is 2. The fourth-order valence-corrected chi connectivity index (χ4v) is 3.44. The SMILES string of the molecule is Cc1cc(S(=O)(=O)NCCCc2ccccc2Cl)ccc1F. The summed E-state index contributed by atoms with van der Waals surface area (Å²) in [4.78, 5) is 0.0733. The summed E-state index contributed by atoms with van der Waals surface area (Å²) in [6, 6.07) is 11.2. The minimum atomic E-state index is -3.61. The molecule has 0 saturated carbocycles. The number of benzene rings is 2. The van der Waals surface area contributed by atoms with E-state index in [9.17, 15) is 12.8 Å². The van der Waals surface area contributed by atoms with Gasteiger partial charge in [-0.2, -0.15) is 0 Å². The number of halogens is 2. The predicted octanol–water partition coefficient (Wildman–Crippen LogP) is 3.70. The highest BCUT2D eigenvalue weighted by Crippen LogP contribution is 2.17. The summed E-state index contributed by atoms with van der Waals surface area (Å²) < 4.78 is 39.9. The molecule has 2 aromatic carbocycles. The van der Waals surface area contributed by atoms with Gasteiger partial charge in [0.25, 0.3) is 0 Å². The summed E-state index contributed by atoms with van der Waals surface area (Å²) in [6.07, 6.45) is 1.31. The number of nitrogens with one attached hydrogen (secondary N) is 1. The van der Waals surface area contributed by atoms with E-state index in [1.165, 1.54) is 19.1 Å². The molecule has 0 aliphatic rings. The summed E-state index contributed by atoms with van der Waals surface area (Å²) in [6.45, 7) is 1.83. The van der Waals surface area contributed by atoms with Crippen molar-refractivity contribution in [2.45, 2.75) is 24.7 Å². The van der Waals surface area contributed by atoms with Crippen molar-refractivity contribution in [1.29, 1.82) is 0 Å². The molecule has 0 spiro atoms. The number of hydrogen-bond acceptors (Lipinski definition) is 2. The average Bonchev–Trinajstić information content (AvgIpc) is 2.48. The van der Waals surface area contributed by atoms with E-state index >= 15 is 0 Å². The van der Waals surface area contributed by atoms with Gasteiger partial charge in [-0.25, -0.2) is 17.5 Å². The van der Waals surface area contributed by atoms with Crippen molar-refractivity contribution in [3.05, 3.63) is 64.4 Å². The van der Waals surface area contributed by atoms with Crippen molar-refractivity contribution in [3.63, 3.8) is 0 Å². The number of rotatable bonds is 6. The first-order chi connectivity index (χ1) is 10.4. The van der Waals surface area contributed by atoms with Gasteiger partial charge >= 0.3 is 0 Å². The highest BCUT2D eigenvalue weighted by Gasteiger charge is 2.14. The van der Waals surface area contributed by atoms with Crippen molar-refractivity contribution >= 4 is 21.6 Å². The van der Waals surface area contributed by atoms with Crippen molar-refractivity contribution in [2.24, 2.45) is 0 Å². The molecule has 0 fully saturated rings. The van der Waals surface area contributed by atoms with Crippen LogP contribution in [-0.2, 0) is 16.4 Å². The van der Waals surface area contributed by atoms with Crippen LogP contribution in [0.25, 0.3) is 0 Å². The molecule has 1 N–H and O–H groups in total. The first-order valence-electron chi connectivity index (χ1n) is 6.89. The van der Waals surface area contributed by atoms with Gasteiger partial charge in [0.15, 0.2) is 0 Å². The van der Waals surface area contributed by atoms with E-state index in [0.717, 1.165) is 11.6 Å². The second kappa shape index (κ2) is 7.22. The van der Waals surface area contributed by atoms with Crippen LogP contribution in [0, 0.1) is 12.7 Å². The zero-order chi connectivity index (χ0) is 16.2. The predicted molar refractivity (Wildman–Crippen MR) is 86.1 cm³/mol. The van der Waals surface area contributed by atoms with Crippen LogP contribution < -0.4 is 4.72 Å². The first kappa shape index (κ1) is 16.9. The van der Waals surface area contributed by atoms with Crippen LogP contribution in [0.15, 0.2) is 47.4 Å². The molecule has 6 heteroatoms. The van der Waals surface area contributed by atoms with Crippen LogP contribution in [0.1, 0.15) is 17.5 Å². The summed E-state index contributed by atoms with van der Waals surface area (Å²) in [5, 5.41) is 0.680. The van der Waals surface area contributed by atoms with Gasteiger partial charge in [-0.05, 0) is 55.2 Å². The molecule has 0 saturated heterocycles. The number of sulfonamides is 1. The first-order valence-corrected chi connectivity index (χ1v) is 8.75. The lowest BCUT2D eigenvalue weighted by atomic mass is 10.1. The topological polar surface area (TPSA) is 46.2 Å². The minimum absolute atomic E-state index is 0.0733. The van der Waals surface area contributed by atoms with Crippen molar-refractivity contribution in [1.82, 2.24) is 4.72 Å². The lowest BCUT2D eigenvalue weighted by Gasteiger charge is -2.08. The molecule has 22 heavy (non-hydrogen) atoms. The van der Waals surface area contributed by atoms with Gasteiger partial charge in [0, 0.05) is 11.6 Å². The molecule has 2 rings (SSSR count). The Labute approximate surface area is 135 Å². The molecule has 0 heterocycles. The molecule has 0 bridgehead atoms. The van der Waals surface area contributed by atoms with E-state index < -0.39 is 15.8 Å². The molecule has 0 aliphatic carbocycles. The maximum absolute atomic E-state index is 13.2. The molecule has 0 aromatic heterocycles. The molecule has 0 aliphatic heterocycles. The summed E-state index contributed by atoms with van der Waals surface area (Å²) >= 11 is 6.05. The Kier molecular flexibility index (Phi) is 5.56. The van der Waals surface area contributed by atoms with E-state index in [1.54, 1.807) is 0 Å². The third-order valence-electron chi connectivity index (χ3n) is 3.31. The van der Waals surface area contributed by atoms with Crippen molar-refractivity contribution < 1.29 is 12.8 Å². The Hall–Kier alpha value is -1.43. The van der Waals surface area contributed by atoms with E-state index in [-0.39, 0.29) is 4.90 Å². The van der Waals surface area contributed by atoms with Crippen molar-refractivity contribution in [2.75, 3.05) is 6.54 Å². The Morgan fingerprint density at radius 1 is 1.18 bits per heavy atom. The Morgan fingerprint density at radius 3 is 2.59 bits per heavy atom. The van der Waals surface area contributed by atoms with Gasteiger partial charge in [0.05, 0.1) is 4.90 Å². The van der Waals surface area contributed by atoms with Gasteiger partial charge < -0.3 is 0 Å². The third kappa shape index (κ3) is 4.29. The smallest absolute Gasteiger partial charge is 0.211 e. The van der Waals surface area contributed by atoms with E-state index in [4.69, 9.17) is 11.6 Å². The lowest BCUT2D eigenvalue weighted by molar-refractivity contribution is 0.577. The highest BCUT2D eigenvalue weighted by atomic mass is 35.5. The quantitative estimate of drug-likeness (QED) is 0.814. The third-order valence-corrected chi connectivity index (χ3v) is 5.14. The van der Waals surface area contributed by atoms with Gasteiger partial charge in [-0.3, -0.25) is 0 Å². The fraction of sp³-hybridized carbons (Fsp3) is 0.250. The number of hydrogen-bond donors (Lipinski definition) is 1. The van der Waals surface area contributed by atoms with E-state index in [1.807, 2.05) is 24.3 Å². The maximum atomic E-state index is 13.2. The summed E-state index contributed by atoms with van der Waals surface area (Å²) in [5.74, 6) is -0.419. The van der Waals surface area contributed by atoms with Crippen LogP contribution in [-0.4, -0.2) is 15.0 Å². The summed E-state index contributed by atoms with van der Waals surface area (Å²) in [5.41, 5.74) is 1.29. The Bertz CT molecular complexity index is 762. The van der Waals surface area contributed by atoms with Crippen LogP contribution in [0.3, 0.4) is 0 Å². The van der Waals surface area contributed by atoms with Crippen LogP contribution in [0.4, 0.5) is 4.39 Å². The second-order valence-electron chi connectivity index (χ2n) is 5.00. The summed E-state index contributed by atoms with van der Waals surface area (Å²) in [7, 11) is -3.61. The second-order valence-corrected chi connectivity index (χ2v) is 7.18. The van der Waals surface area contributed by atoms with E-state index in [0.29, 0.717) is 30.0 Å². The molecule has 0 radical (unpaired) electrons. The molecule has 3 nitrogen and oxygen atoms in total. The molecule has 118 valence electrons. The Balaban J connectivity index is 1.93. The van der Waals surface area contributed by atoms with Gasteiger partial charge in [0.2, 0.25) is 10.0 Å². The van der Waals surface area contributed by atoms with Crippen molar-refractivity contribution in [3.8, 4) is 0 Å². The van der Waals surface area contributed by atoms with E-state index in [2.05, 4.69) is 4.72 Å². The molecular weight excluding hydrogens is 325 g/mol. The maximum Gasteiger partial charge on any atom is 0.240 e. The monoisotopic (exact) mass is 341 g/mol. The average molecular weight is 342 g/mol. The van der Waals surface area contributed by atoms with Gasteiger partial charge in [0.1, 0.15) is 5.82 Å². The minimum Gasteiger partial charge on any atom is -0.211 e. The molecular formula is C16H17ClFNO2S. The van der Waals surface area contributed by atoms with Crippen LogP contribution >= 0.6 is 11.6 Å². The molecule has 2 aromatic rings. The zero-order valence-corrected chi connectivity index (χ0v) is 13.7. The van der Waals surface area contributed by atoms with Crippen LogP contribution in [0.5, 0.6) is 0 Å². The van der Waals surface area contributed by atoms with Crippen LogP contribution in [0.2, 0.25) is 5.02 Å². The zero-order valence-electron chi connectivity index (χ0n) is 12.1. The highest BCUT2D eigenvalue weighted by molar-refractivity contribution is 7.89. The lowest BCUT2D eigenvalue weighted by Crippen LogP contribution is -2.25. The largest absolute Gasteiger partial charge is 0.240 e. The van der Waals surface area contributed by atoms with Gasteiger partial charge in [-0.1, -0.05) is 29.8 Å². The molecule has 0 amide bonds. The Morgan fingerprint density at radius 2 is 1.91 bits per heavy atom. The normalized spacial score (nSPS) is 11.6. The fourth-order valence-electron chi connectivity index (χ4n) is 2.05.